The van der Waals surface area contributed by atoms with Gasteiger partial charge in [0.05, 0.1) is 11.1 Å². The molecule has 0 saturated heterocycles. The quantitative estimate of drug-likeness (QED) is 0.701. The van der Waals surface area contributed by atoms with E-state index in [0.717, 1.165) is 17.1 Å². The molecule has 0 aliphatic rings. The third-order valence-corrected chi connectivity index (χ3v) is 4.48. The van der Waals surface area contributed by atoms with E-state index in [1.165, 1.54) is 0 Å². The second kappa shape index (κ2) is 9.10. The van der Waals surface area contributed by atoms with Crippen LogP contribution in [0.5, 0.6) is 0 Å². The molecule has 1 unspecified atom stereocenters. The highest BCUT2D eigenvalue weighted by molar-refractivity contribution is 6.06. The summed E-state index contributed by atoms with van der Waals surface area (Å²) in [5, 5.41) is 2.94. The van der Waals surface area contributed by atoms with Gasteiger partial charge in [-0.1, -0.05) is 18.2 Å². The number of amides is 2. The number of rotatable bonds is 6. The minimum absolute atomic E-state index is 0.165. The van der Waals surface area contributed by atoms with Gasteiger partial charge in [0.2, 0.25) is 0 Å². The third-order valence-electron chi connectivity index (χ3n) is 4.48. The highest BCUT2D eigenvalue weighted by Crippen LogP contribution is 2.17. The molecule has 1 N–H and O–H groups in total. The second-order valence-corrected chi connectivity index (χ2v) is 7.00. The molecule has 0 saturated carbocycles. The molecule has 2 heterocycles. The highest BCUT2D eigenvalue weighted by atomic mass is 16.2. The predicted molar refractivity (Wildman–Crippen MR) is 113 cm³/mol. The number of anilines is 1. The number of hydrogen-bond acceptors (Lipinski definition) is 4. The van der Waals surface area contributed by atoms with Gasteiger partial charge >= 0.3 is 0 Å². The Morgan fingerprint density at radius 2 is 1.48 bits per heavy atom. The summed E-state index contributed by atoms with van der Waals surface area (Å²) in [6.07, 6.45) is 3.13. The van der Waals surface area contributed by atoms with Crippen LogP contribution in [-0.4, -0.2) is 34.4 Å². The van der Waals surface area contributed by atoms with Gasteiger partial charge in [0.15, 0.2) is 0 Å². The van der Waals surface area contributed by atoms with E-state index in [2.05, 4.69) is 15.3 Å². The zero-order valence-corrected chi connectivity index (χ0v) is 16.8. The minimum atomic E-state index is -0.272. The van der Waals surface area contributed by atoms with Crippen LogP contribution >= 0.6 is 0 Å². The largest absolute Gasteiger partial charge is 0.348 e. The summed E-state index contributed by atoms with van der Waals surface area (Å²) in [4.78, 5) is 35.7. The maximum absolute atomic E-state index is 13.1. The normalized spacial score (nSPS) is 11.6. The molecule has 0 aliphatic heterocycles. The summed E-state index contributed by atoms with van der Waals surface area (Å²) in [5.74, 6) is -0.385. The number of pyridine rings is 2. The number of benzene rings is 1. The van der Waals surface area contributed by atoms with Gasteiger partial charge in [-0.25, -0.2) is 0 Å². The van der Waals surface area contributed by atoms with Gasteiger partial charge in [0.25, 0.3) is 11.8 Å². The van der Waals surface area contributed by atoms with Crippen LogP contribution in [0, 0.1) is 13.8 Å². The zero-order chi connectivity index (χ0) is 20.8. The summed E-state index contributed by atoms with van der Waals surface area (Å²) in [6.45, 7) is 5.94. The van der Waals surface area contributed by atoms with Crippen molar-refractivity contribution in [2.45, 2.75) is 26.8 Å². The number of hydrogen-bond donors (Lipinski definition) is 1. The van der Waals surface area contributed by atoms with Gasteiger partial charge in [0, 0.05) is 42.1 Å². The summed E-state index contributed by atoms with van der Waals surface area (Å²) >= 11 is 0. The molecule has 6 nitrogen and oxygen atoms in total. The van der Waals surface area contributed by atoms with Crippen LogP contribution in [-0.2, 0) is 0 Å². The van der Waals surface area contributed by atoms with Gasteiger partial charge in [0.1, 0.15) is 0 Å². The number of carbonyl (C=O) groups excluding carboxylic acids is 2. The Morgan fingerprint density at radius 3 is 2.03 bits per heavy atom. The maximum atomic E-state index is 13.1. The van der Waals surface area contributed by atoms with Crippen LogP contribution in [0.4, 0.5) is 5.69 Å². The van der Waals surface area contributed by atoms with E-state index in [1.54, 1.807) is 35.5 Å². The van der Waals surface area contributed by atoms with Crippen LogP contribution in [0.1, 0.15) is 39.0 Å². The van der Waals surface area contributed by atoms with Crippen molar-refractivity contribution in [3.05, 3.63) is 89.5 Å². The lowest BCUT2D eigenvalue weighted by Gasteiger charge is -2.26. The van der Waals surface area contributed by atoms with Crippen molar-refractivity contribution in [1.29, 1.82) is 0 Å². The van der Waals surface area contributed by atoms with E-state index in [0.29, 0.717) is 17.7 Å². The highest BCUT2D eigenvalue weighted by Gasteiger charge is 2.21. The Morgan fingerprint density at radius 1 is 0.897 bits per heavy atom. The molecule has 2 amide bonds. The lowest BCUT2D eigenvalue weighted by molar-refractivity contribution is 0.0927. The van der Waals surface area contributed by atoms with E-state index < -0.39 is 0 Å². The first kappa shape index (κ1) is 20.2. The third kappa shape index (κ3) is 5.25. The van der Waals surface area contributed by atoms with Crippen LogP contribution < -0.4 is 10.2 Å². The van der Waals surface area contributed by atoms with Crippen LogP contribution in [0.3, 0.4) is 0 Å². The van der Waals surface area contributed by atoms with E-state index in [4.69, 9.17) is 0 Å². The molecule has 0 spiro atoms. The first-order chi connectivity index (χ1) is 13.9. The molecule has 148 valence electrons. The van der Waals surface area contributed by atoms with Crippen molar-refractivity contribution in [3.8, 4) is 0 Å². The molecule has 29 heavy (non-hydrogen) atoms. The van der Waals surface area contributed by atoms with Crippen molar-refractivity contribution in [2.24, 2.45) is 0 Å². The van der Waals surface area contributed by atoms with Gasteiger partial charge < -0.3 is 10.2 Å². The fourth-order valence-electron chi connectivity index (χ4n) is 2.89. The summed E-state index contributed by atoms with van der Waals surface area (Å²) < 4.78 is 0. The molecular weight excluding hydrogens is 364 g/mol. The summed E-state index contributed by atoms with van der Waals surface area (Å²) in [5.41, 5.74) is 3.45. The molecule has 6 heteroatoms. The van der Waals surface area contributed by atoms with Gasteiger partial charge in [-0.15, -0.1) is 0 Å². The molecule has 1 aromatic carbocycles. The predicted octanol–water partition coefficient (Wildman–Crippen LogP) is 3.56. The van der Waals surface area contributed by atoms with Crippen LogP contribution in [0.25, 0.3) is 0 Å². The SMILES string of the molecule is Cc1ccc(C(=O)NC(C)CN(C(=O)c2ccc(C)nc2)c2ccccc2)cn1. The molecule has 3 rings (SSSR count). The number of carbonyl (C=O) groups is 2. The molecule has 3 aromatic rings. The zero-order valence-electron chi connectivity index (χ0n) is 16.8. The monoisotopic (exact) mass is 388 g/mol. The minimum Gasteiger partial charge on any atom is -0.348 e. The molecule has 0 fully saturated rings. The van der Waals surface area contributed by atoms with Gasteiger partial charge in [-0.3, -0.25) is 19.6 Å². The topological polar surface area (TPSA) is 75.2 Å². The molecule has 1 atom stereocenters. The molecule has 0 aliphatic carbocycles. The molecule has 2 aromatic heterocycles. The lowest BCUT2D eigenvalue weighted by Crippen LogP contribution is -2.44. The lowest BCUT2D eigenvalue weighted by atomic mass is 10.1. The Bertz CT molecular complexity index is 970. The molecular formula is C23H24N4O2. The van der Waals surface area contributed by atoms with Crippen molar-refractivity contribution in [3.63, 3.8) is 0 Å². The average molecular weight is 388 g/mol. The van der Waals surface area contributed by atoms with Crippen molar-refractivity contribution >= 4 is 17.5 Å². The Balaban J connectivity index is 1.77. The van der Waals surface area contributed by atoms with Crippen molar-refractivity contribution < 1.29 is 9.59 Å². The number of para-hydroxylation sites is 1. The van der Waals surface area contributed by atoms with E-state index in [-0.39, 0.29) is 17.9 Å². The molecule has 0 radical (unpaired) electrons. The second-order valence-electron chi connectivity index (χ2n) is 7.00. The Hall–Kier alpha value is -3.54. The number of aromatic nitrogens is 2. The first-order valence-electron chi connectivity index (χ1n) is 9.47. The number of aryl methyl sites for hydroxylation is 2. The number of nitrogens with zero attached hydrogens (tertiary/aromatic N) is 3. The Kier molecular flexibility index (Phi) is 6.34. The van der Waals surface area contributed by atoms with Gasteiger partial charge in [-0.05, 0) is 57.2 Å². The van der Waals surface area contributed by atoms with E-state index in [1.807, 2.05) is 57.2 Å². The smallest absolute Gasteiger partial charge is 0.259 e. The maximum Gasteiger partial charge on any atom is 0.259 e. The molecule has 0 bridgehead atoms. The Labute approximate surface area is 170 Å². The summed E-state index contributed by atoms with van der Waals surface area (Å²) in [7, 11) is 0. The average Bonchev–Trinajstić information content (AvgIpc) is 2.73. The van der Waals surface area contributed by atoms with E-state index in [9.17, 15) is 9.59 Å². The fraction of sp³-hybridized carbons (Fsp3) is 0.217. The van der Waals surface area contributed by atoms with E-state index >= 15 is 0 Å². The van der Waals surface area contributed by atoms with Crippen LogP contribution in [0.2, 0.25) is 0 Å². The fourth-order valence-corrected chi connectivity index (χ4v) is 2.89. The van der Waals surface area contributed by atoms with Crippen molar-refractivity contribution in [1.82, 2.24) is 15.3 Å². The van der Waals surface area contributed by atoms with Crippen LogP contribution in [0.15, 0.2) is 67.0 Å². The van der Waals surface area contributed by atoms with Crippen molar-refractivity contribution in [2.75, 3.05) is 11.4 Å². The summed E-state index contributed by atoms with van der Waals surface area (Å²) in [6, 6.07) is 16.2. The standard InChI is InChI=1S/C23H24N4O2/c1-16-9-11-19(13-24-16)22(28)26-18(3)15-27(21-7-5-4-6-8-21)23(29)20-12-10-17(2)25-14-20/h4-14,18H,15H2,1-3H3,(H,26,28). The van der Waals surface area contributed by atoms with Gasteiger partial charge in [-0.2, -0.15) is 0 Å². The number of nitrogens with one attached hydrogen (secondary N) is 1. The first-order valence-corrected chi connectivity index (χ1v) is 9.47.